The summed E-state index contributed by atoms with van der Waals surface area (Å²) in [5, 5.41) is 17.9. The molecule has 0 aliphatic carbocycles. The number of nitrogens with zero attached hydrogens (tertiary/aromatic N) is 3. The molecular formula is C29H24N6O5. The first kappa shape index (κ1) is 26.0. The summed E-state index contributed by atoms with van der Waals surface area (Å²) in [5.41, 5.74) is 3.41. The molecule has 0 fully saturated rings. The van der Waals surface area contributed by atoms with E-state index >= 15 is 0 Å². The van der Waals surface area contributed by atoms with Crippen molar-refractivity contribution in [1.82, 2.24) is 20.3 Å². The zero-order valence-corrected chi connectivity index (χ0v) is 21.1. The number of rotatable bonds is 10. The number of carbonyl (C=O) groups is 3. The quantitative estimate of drug-likeness (QED) is 0.202. The number of nitrogens with one attached hydrogen (secondary N) is 3. The van der Waals surface area contributed by atoms with E-state index in [1.54, 1.807) is 66.9 Å². The molecule has 1 atom stereocenters. The Morgan fingerprint density at radius 1 is 0.925 bits per heavy atom. The maximum Gasteiger partial charge on any atom is 0.305 e. The molecule has 0 saturated carbocycles. The van der Waals surface area contributed by atoms with Crippen molar-refractivity contribution in [3.63, 3.8) is 0 Å². The van der Waals surface area contributed by atoms with Crippen molar-refractivity contribution in [3.8, 4) is 0 Å². The average Bonchev–Trinajstić information content (AvgIpc) is 3.35. The summed E-state index contributed by atoms with van der Waals surface area (Å²) < 4.78 is 5.76. The SMILES string of the molecule is O=C(O)C[C@@H](NC(=O)c1ccncc1)c1ccc(NC(=O)Cc2ccc3nc(Nc4ccccn4)oc3c2)cc1. The highest BCUT2D eigenvalue weighted by Gasteiger charge is 2.19. The van der Waals surface area contributed by atoms with E-state index in [4.69, 9.17) is 4.42 Å². The molecule has 0 radical (unpaired) electrons. The highest BCUT2D eigenvalue weighted by atomic mass is 16.4. The summed E-state index contributed by atoms with van der Waals surface area (Å²) in [4.78, 5) is 49.1. The third-order valence-corrected chi connectivity index (χ3v) is 5.94. The highest BCUT2D eigenvalue weighted by molar-refractivity contribution is 5.95. The van der Waals surface area contributed by atoms with Crippen molar-refractivity contribution in [2.45, 2.75) is 18.9 Å². The van der Waals surface area contributed by atoms with E-state index in [0.29, 0.717) is 39.7 Å². The molecule has 0 bridgehead atoms. The average molecular weight is 537 g/mol. The van der Waals surface area contributed by atoms with E-state index in [-0.39, 0.29) is 18.7 Å². The Morgan fingerprint density at radius 2 is 1.73 bits per heavy atom. The van der Waals surface area contributed by atoms with E-state index in [9.17, 15) is 19.5 Å². The minimum Gasteiger partial charge on any atom is -0.481 e. The maximum atomic E-state index is 12.7. The van der Waals surface area contributed by atoms with Crippen LogP contribution in [0.1, 0.15) is 33.9 Å². The van der Waals surface area contributed by atoms with Gasteiger partial charge in [-0.25, -0.2) is 4.98 Å². The molecule has 0 unspecified atom stereocenters. The molecule has 0 saturated heterocycles. The third-order valence-electron chi connectivity index (χ3n) is 5.94. The van der Waals surface area contributed by atoms with Gasteiger partial charge in [0.25, 0.3) is 5.91 Å². The number of aromatic nitrogens is 3. The van der Waals surface area contributed by atoms with Crippen LogP contribution in [0.2, 0.25) is 0 Å². The van der Waals surface area contributed by atoms with Gasteiger partial charge >= 0.3 is 12.0 Å². The van der Waals surface area contributed by atoms with Crippen LogP contribution in [0.4, 0.5) is 17.5 Å². The molecule has 5 aromatic rings. The molecule has 11 nitrogen and oxygen atoms in total. The van der Waals surface area contributed by atoms with Crippen LogP contribution in [0.15, 0.2) is 95.8 Å². The largest absolute Gasteiger partial charge is 0.481 e. The summed E-state index contributed by atoms with van der Waals surface area (Å²) in [6, 6.07) is 20.1. The highest BCUT2D eigenvalue weighted by Crippen LogP contribution is 2.23. The second-order valence-corrected chi connectivity index (χ2v) is 8.87. The normalized spacial score (nSPS) is 11.5. The Hall–Kier alpha value is -5.58. The lowest BCUT2D eigenvalue weighted by Gasteiger charge is -2.18. The number of carbonyl (C=O) groups excluding carboxylic acids is 2. The van der Waals surface area contributed by atoms with E-state index in [1.165, 1.54) is 12.4 Å². The second kappa shape index (κ2) is 11.9. The van der Waals surface area contributed by atoms with Crippen LogP contribution in [0.5, 0.6) is 0 Å². The van der Waals surface area contributed by atoms with Gasteiger partial charge in [0.2, 0.25) is 5.91 Å². The summed E-state index contributed by atoms with van der Waals surface area (Å²) in [7, 11) is 0. The fourth-order valence-electron chi connectivity index (χ4n) is 4.04. The standard InChI is InChI=1S/C29H24N6O5/c36-26(16-18-4-9-22-24(15-18)40-29(34-22)35-25-3-1-2-12-31-25)32-21-7-5-19(6-8-21)23(17-27(37)38)33-28(39)20-10-13-30-14-11-20/h1-15,23H,16-17H2,(H,32,36)(H,33,39)(H,37,38)(H,31,34,35)/t23-/m1/s1. The van der Waals surface area contributed by atoms with Crippen LogP contribution in [-0.2, 0) is 16.0 Å². The minimum atomic E-state index is -1.05. The molecule has 40 heavy (non-hydrogen) atoms. The van der Waals surface area contributed by atoms with Crippen LogP contribution in [0, 0.1) is 0 Å². The summed E-state index contributed by atoms with van der Waals surface area (Å²) in [6.07, 6.45) is 4.43. The Balaban J connectivity index is 1.21. The molecule has 11 heteroatoms. The third kappa shape index (κ3) is 6.64. The molecule has 0 aliphatic heterocycles. The molecule has 3 aromatic heterocycles. The number of carboxylic acid groups (broad SMARTS) is 1. The number of benzene rings is 2. The number of fused-ring (bicyclic) bond motifs is 1. The van der Waals surface area contributed by atoms with Crippen molar-refractivity contribution >= 4 is 46.4 Å². The van der Waals surface area contributed by atoms with Gasteiger partial charge in [-0.05, 0) is 59.7 Å². The van der Waals surface area contributed by atoms with Crippen molar-refractivity contribution in [2.75, 3.05) is 10.6 Å². The smallest absolute Gasteiger partial charge is 0.305 e. The van der Waals surface area contributed by atoms with Gasteiger partial charge in [0.1, 0.15) is 11.3 Å². The van der Waals surface area contributed by atoms with E-state index < -0.39 is 17.9 Å². The van der Waals surface area contributed by atoms with Crippen LogP contribution < -0.4 is 16.0 Å². The Morgan fingerprint density at radius 3 is 2.45 bits per heavy atom. The van der Waals surface area contributed by atoms with Gasteiger partial charge in [-0.3, -0.25) is 24.7 Å². The summed E-state index contributed by atoms with van der Waals surface area (Å²) in [5.74, 6) is -1.10. The number of hydrogen-bond donors (Lipinski definition) is 4. The number of hydrogen-bond acceptors (Lipinski definition) is 8. The first-order valence-electron chi connectivity index (χ1n) is 12.3. The van der Waals surface area contributed by atoms with Gasteiger partial charge in [-0.1, -0.05) is 24.3 Å². The topological polar surface area (TPSA) is 159 Å². The predicted molar refractivity (Wildman–Crippen MR) is 147 cm³/mol. The molecule has 2 amide bonds. The molecule has 5 rings (SSSR count). The summed E-state index contributed by atoms with van der Waals surface area (Å²) in [6.45, 7) is 0. The van der Waals surface area contributed by atoms with Crippen molar-refractivity contribution < 1.29 is 23.9 Å². The lowest BCUT2D eigenvalue weighted by molar-refractivity contribution is -0.137. The van der Waals surface area contributed by atoms with Crippen LogP contribution in [-0.4, -0.2) is 37.8 Å². The molecule has 0 aliphatic rings. The zero-order chi connectivity index (χ0) is 27.9. The molecule has 2 aromatic carbocycles. The number of amides is 2. The zero-order valence-electron chi connectivity index (χ0n) is 21.1. The minimum absolute atomic E-state index is 0.102. The molecular weight excluding hydrogens is 512 g/mol. The predicted octanol–water partition coefficient (Wildman–Crippen LogP) is 4.49. The van der Waals surface area contributed by atoms with E-state index in [2.05, 4.69) is 30.9 Å². The monoisotopic (exact) mass is 536 g/mol. The van der Waals surface area contributed by atoms with Crippen molar-refractivity contribution in [1.29, 1.82) is 0 Å². The lowest BCUT2D eigenvalue weighted by Crippen LogP contribution is -2.30. The van der Waals surface area contributed by atoms with Gasteiger partial charge in [0.15, 0.2) is 5.58 Å². The van der Waals surface area contributed by atoms with Gasteiger partial charge in [-0.2, -0.15) is 4.98 Å². The Kier molecular flexibility index (Phi) is 7.72. The van der Waals surface area contributed by atoms with Crippen LogP contribution in [0.3, 0.4) is 0 Å². The Bertz CT molecular complexity index is 1640. The van der Waals surface area contributed by atoms with E-state index in [0.717, 1.165) is 5.56 Å². The number of anilines is 3. The molecule has 4 N–H and O–H groups in total. The number of oxazole rings is 1. The van der Waals surface area contributed by atoms with Gasteiger partial charge in [0.05, 0.1) is 18.9 Å². The van der Waals surface area contributed by atoms with Crippen molar-refractivity contribution in [3.05, 3.63) is 108 Å². The number of carboxylic acids is 1. The molecule has 200 valence electrons. The molecule has 0 spiro atoms. The molecule has 3 heterocycles. The lowest BCUT2D eigenvalue weighted by atomic mass is 10.0. The summed E-state index contributed by atoms with van der Waals surface area (Å²) >= 11 is 0. The number of pyridine rings is 2. The Labute approximate surface area is 228 Å². The van der Waals surface area contributed by atoms with Crippen LogP contribution in [0.25, 0.3) is 11.1 Å². The van der Waals surface area contributed by atoms with Crippen molar-refractivity contribution in [2.24, 2.45) is 0 Å². The van der Waals surface area contributed by atoms with Gasteiger partial charge in [-0.15, -0.1) is 0 Å². The second-order valence-electron chi connectivity index (χ2n) is 8.87. The van der Waals surface area contributed by atoms with E-state index in [1.807, 2.05) is 12.1 Å². The maximum absolute atomic E-state index is 12.7. The van der Waals surface area contributed by atoms with Gasteiger partial charge in [0, 0.05) is 29.8 Å². The fourth-order valence-corrected chi connectivity index (χ4v) is 4.04. The fraction of sp³-hybridized carbons (Fsp3) is 0.103. The first-order chi connectivity index (χ1) is 19.4. The first-order valence-corrected chi connectivity index (χ1v) is 12.3. The van der Waals surface area contributed by atoms with Crippen LogP contribution >= 0.6 is 0 Å². The number of aliphatic carboxylic acids is 1. The van der Waals surface area contributed by atoms with Gasteiger partial charge < -0.3 is 20.2 Å².